The van der Waals surface area contributed by atoms with Crippen molar-refractivity contribution in [2.45, 2.75) is 62.9 Å². The Morgan fingerprint density at radius 3 is 2.62 bits per heavy atom. The molecular weight excluding hydrogens is 392 g/mol. The Labute approximate surface area is 170 Å². The fraction of sp³-hybridized carbons (Fsp3) is 0.550. The van der Waals surface area contributed by atoms with Gasteiger partial charge in [-0.2, -0.15) is 4.31 Å². The number of benzene rings is 1. The van der Waals surface area contributed by atoms with Crippen molar-refractivity contribution in [3.63, 3.8) is 0 Å². The minimum absolute atomic E-state index is 0.0395. The minimum atomic E-state index is -3.67. The van der Waals surface area contributed by atoms with Gasteiger partial charge in [0, 0.05) is 19.0 Å². The van der Waals surface area contributed by atoms with Crippen LogP contribution < -0.4 is 5.32 Å². The van der Waals surface area contributed by atoms with Crippen LogP contribution in [-0.4, -0.2) is 42.0 Å². The van der Waals surface area contributed by atoms with Crippen LogP contribution in [0.2, 0.25) is 0 Å². The van der Waals surface area contributed by atoms with Crippen molar-refractivity contribution in [1.29, 1.82) is 0 Å². The maximum Gasteiger partial charge on any atom is 0.243 e. The molecule has 0 saturated heterocycles. The van der Waals surface area contributed by atoms with Gasteiger partial charge in [-0.1, -0.05) is 29.2 Å². The number of nitrogens with one attached hydrogen (secondary N) is 1. The topological polar surface area (TPSA) is 105 Å². The van der Waals surface area contributed by atoms with Gasteiger partial charge in [-0.15, -0.1) is 0 Å². The van der Waals surface area contributed by atoms with Gasteiger partial charge in [-0.25, -0.2) is 13.0 Å². The van der Waals surface area contributed by atoms with Crippen molar-refractivity contribution in [3.8, 4) is 0 Å². The smallest absolute Gasteiger partial charge is 0.243 e. The van der Waals surface area contributed by atoms with E-state index in [9.17, 15) is 13.2 Å². The lowest BCUT2D eigenvalue weighted by Crippen LogP contribution is -2.38. The molecule has 1 aromatic heterocycles. The molecule has 1 amide bonds. The summed E-state index contributed by atoms with van der Waals surface area (Å²) in [5.41, 5.74) is 3.14. The van der Waals surface area contributed by atoms with Crippen molar-refractivity contribution in [2.75, 3.05) is 7.05 Å². The summed E-state index contributed by atoms with van der Waals surface area (Å²) >= 11 is 0. The summed E-state index contributed by atoms with van der Waals surface area (Å²) in [5.74, 6) is 0.280. The summed E-state index contributed by atoms with van der Waals surface area (Å²) in [7, 11) is -2.16. The highest BCUT2D eigenvalue weighted by Gasteiger charge is 2.30. The molecule has 0 bridgehead atoms. The first-order chi connectivity index (χ1) is 13.8. The number of hydrogen-bond acceptors (Lipinski definition) is 6. The highest BCUT2D eigenvalue weighted by Crippen LogP contribution is 2.29. The van der Waals surface area contributed by atoms with Gasteiger partial charge < -0.3 is 5.32 Å². The number of fused-ring (bicyclic) bond motifs is 1. The first kappa shape index (κ1) is 20.0. The molecule has 0 aliphatic heterocycles. The molecule has 0 radical (unpaired) electrons. The van der Waals surface area contributed by atoms with E-state index in [-0.39, 0.29) is 29.3 Å². The van der Waals surface area contributed by atoms with Crippen LogP contribution in [0.5, 0.6) is 0 Å². The molecule has 29 heavy (non-hydrogen) atoms. The van der Waals surface area contributed by atoms with Crippen molar-refractivity contribution < 1.29 is 17.8 Å². The molecule has 2 aliphatic rings. The Bertz CT molecular complexity index is 1010. The highest BCUT2D eigenvalue weighted by molar-refractivity contribution is 7.89. The third-order valence-electron chi connectivity index (χ3n) is 6.01. The van der Waals surface area contributed by atoms with Crippen LogP contribution in [0, 0.1) is 12.8 Å². The number of aryl methyl sites for hydroxylation is 1. The average molecular weight is 419 g/mol. The number of aromatic nitrogens is 2. The van der Waals surface area contributed by atoms with Gasteiger partial charge in [0.15, 0.2) is 0 Å². The van der Waals surface area contributed by atoms with Gasteiger partial charge >= 0.3 is 0 Å². The van der Waals surface area contributed by atoms with Crippen molar-refractivity contribution in [3.05, 3.63) is 40.7 Å². The molecule has 0 spiro atoms. The molecule has 9 heteroatoms. The molecule has 1 heterocycles. The summed E-state index contributed by atoms with van der Waals surface area (Å²) in [6, 6.07) is 5.27. The Kier molecular flexibility index (Phi) is 5.44. The van der Waals surface area contributed by atoms with E-state index in [1.807, 2.05) is 6.07 Å². The summed E-state index contributed by atoms with van der Waals surface area (Å²) in [6.45, 7) is 1.82. The molecular formula is C20H26N4O4S. The van der Waals surface area contributed by atoms with Gasteiger partial charge in [0.2, 0.25) is 15.9 Å². The zero-order chi connectivity index (χ0) is 20.6. The second-order valence-corrected chi connectivity index (χ2v) is 10.1. The predicted molar refractivity (Wildman–Crippen MR) is 105 cm³/mol. The number of amides is 1. The Morgan fingerprint density at radius 1 is 1.21 bits per heavy atom. The van der Waals surface area contributed by atoms with Crippen LogP contribution in [0.3, 0.4) is 0 Å². The molecule has 0 unspecified atom stereocenters. The van der Waals surface area contributed by atoms with Crippen molar-refractivity contribution in [2.24, 2.45) is 5.92 Å². The fourth-order valence-electron chi connectivity index (χ4n) is 4.23. The lowest BCUT2D eigenvalue weighted by atomic mass is 10.1. The standard InChI is InChI=1S/C20H26N4O4S/c1-13-19(23-28-22-13)12-24(2)29(26,27)18-8-7-15-9-17(10-16(15)11-18)21-20(25)14-5-3-4-6-14/h7-8,11,14,17H,3-6,9-10,12H2,1-2H3,(H,21,25)/t17-/m1/s1. The van der Waals surface area contributed by atoms with Gasteiger partial charge in [0.1, 0.15) is 11.4 Å². The fourth-order valence-corrected chi connectivity index (χ4v) is 5.42. The molecule has 1 fully saturated rings. The Balaban J connectivity index is 1.45. The number of rotatable bonds is 6. The predicted octanol–water partition coefficient (Wildman–Crippen LogP) is 1.97. The molecule has 8 nitrogen and oxygen atoms in total. The van der Waals surface area contributed by atoms with E-state index in [0.717, 1.165) is 43.2 Å². The molecule has 1 atom stereocenters. The van der Waals surface area contributed by atoms with Gasteiger partial charge in [-0.05, 0) is 55.9 Å². The highest BCUT2D eigenvalue weighted by atomic mass is 32.2. The first-order valence-electron chi connectivity index (χ1n) is 10.0. The number of carbonyl (C=O) groups excluding carboxylic acids is 1. The number of carbonyl (C=O) groups is 1. The third-order valence-corrected chi connectivity index (χ3v) is 7.81. The van der Waals surface area contributed by atoms with Crippen molar-refractivity contribution in [1.82, 2.24) is 19.9 Å². The van der Waals surface area contributed by atoms with Gasteiger partial charge in [0.05, 0.1) is 11.4 Å². The second-order valence-electron chi connectivity index (χ2n) is 8.08. The maximum atomic E-state index is 13.0. The van der Waals surface area contributed by atoms with Gasteiger partial charge in [-0.3, -0.25) is 4.79 Å². The number of sulfonamides is 1. The monoisotopic (exact) mass is 418 g/mol. The second kappa shape index (κ2) is 7.87. The van der Waals surface area contributed by atoms with Crippen LogP contribution in [-0.2, 0) is 34.2 Å². The maximum absolute atomic E-state index is 13.0. The van der Waals surface area contributed by atoms with E-state index >= 15 is 0 Å². The minimum Gasteiger partial charge on any atom is -0.352 e. The largest absolute Gasteiger partial charge is 0.352 e. The van der Waals surface area contributed by atoms with Crippen LogP contribution in [0.1, 0.15) is 48.2 Å². The summed E-state index contributed by atoms with van der Waals surface area (Å²) < 4.78 is 31.9. The SMILES string of the molecule is Cc1nonc1CN(C)S(=O)(=O)c1ccc2c(c1)C[C@H](NC(=O)C1CCCC1)C2. The van der Waals surface area contributed by atoms with E-state index in [1.54, 1.807) is 19.1 Å². The lowest BCUT2D eigenvalue weighted by molar-refractivity contribution is -0.125. The van der Waals surface area contributed by atoms with Crippen LogP contribution in [0.4, 0.5) is 0 Å². The molecule has 1 N–H and O–H groups in total. The summed E-state index contributed by atoms with van der Waals surface area (Å²) in [4.78, 5) is 12.7. The van der Waals surface area contributed by atoms with Crippen molar-refractivity contribution >= 4 is 15.9 Å². The molecule has 1 saturated carbocycles. The zero-order valence-electron chi connectivity index (χ0n) is 16.7. The third kappa shape index (κ3) is 4.06. The molecule has 4 rings (SSSR count). The molecule has 2 aromatic rings. The van der Waals surface area contributed by atoms with Crippen LogP contribution in [0.15, 0.2) is 27.7 Å². The summed E-state index contributed by atoms with van der Waals surface area (Å²) in [6.07, 6.45) is 5.60. The van der Waals surface area contributed by atoms with E-state index in [4.69, 9.17) is 0 Å². The normalized spacial score (nSPS) is 19.6. The van der Waals surface area contributed by atoms with E-state index in [0.29, 0.717) is 17.8 Å². The van der Waals surface area contributed by atoms with Gasteiger partial charge in [0.25, 0.3) is 0 Å². The van der Waals surface area contributed by atoms with E-state index < -0.39 is 10.0 Å². The number of nitrogens with zero attached hydrogens (tertiary/aromatic N) is 3. The van der Waals surface area contributed by atoms with Crippen LogP contribution in [0.25, 0.3) is 0 Å². The molecule has 1 aromatic carbocycles. The average Bonchev–Trinajstić information content (AvgIpc) is 3.42. The Hall–Kier alpha value is -2.26. The molecule has 156 valence electrons. The van der Waals surface area contributed by atoms with E-state index in [2.05, 4.69) is 20.3 Å². The first-order valence-corrected chi connectivity index (χ1v) is 11.4. The lowest BCUT2D eigenvalue weighted by Gasteiger charge is -2.16. The van der Waals surface area contributed by atoms with Crippen LogP contribution >= 0.6 is 0 Å². The zero-order valence-corrected chi connectivity index (χ0v) is 17.5. The quantitative estimate of drug-likeness (QED) is 0.769. The summed E-state index contributed by atoms with van der Waals surface area (Å²) in [5, 5.41) is 10.6. The van der Waals surface area contributed by atoms with E-state index in [1.165, 1.54) is 11.4 Å². The number of hydrogen-bond donors (Lipinski definition) is 1. The Morgan fingerprint density at radius 2 is 1.93 bits per heavy atom. The molecule has 2 aliphatic carbocycles.